The first kappa shape index (κ1) is 35.4. The lowest BCUT2D eigenvalue weighted by molar-refractivity contribution is -0.140. The Morgan fingerprint density at radius 3 is 2.17 bits per heavy atom. The van der Waals surface area contributed by atoms with Gasteiger partial charge in [-0.25, -0.2) is 12.8 Å². The lowest BCUT2D eigenvalue weighted by Crippen LogP contribution is -2.53. The molecule has 8 nitrogen and oxygen atoms in total. The number of hydrogen-bond acceptors (Lipinski definition) is 5. The molecule has 0 aliphatic rings. The van der Waals surface area contributed by atoms with E-state index in [0.29, 0.717) is 29.5 Å². The van der Waals surface area contributed by atoms with E-state index in [4.69, 9.17) is 16.3 Å². The maximum absolute atomic E-state index is 14.5. The summed E-state index contributed by atoms with van der Waals surface area (Å²) in [6.07, 6.45) is 0.185. The van der Waals surface area contributed by atoms with Gasteiger partial charge in [-0.1, -0.05) is 67.9 Å². The second-order valence-corrected chi connectivity index (χ2v) is 13.7. The summed E-state index contributed by atoms with van der Waals surface area (Å²) in [5, 5.41) is 3.41. The fraction of sp³-hybridized carbons (Fsp3) is 0.278. The van der Waals surface area contributed by atoms with Crippen molar-refractivity contribution in [3.8, 4) is 5.75 Å². The lowest BCUT2D eigenvalue weighted by atomic mass is 10.0. The van der Waals surface area contributed by atoms with Crippen LogP contribution in [0.5, 0.6) is 5.75 Å². The molecule has 1 atom stereocenters. The molecule has 0 bridgehead atoms. The summed E-state index contributed by atoms with van der Waals surface area (Å²) in [7, 11) is -4.37. The molecular weight excluding hydrogens is 641 g/mol. The van der Waals surface area contributed by atoms with Crippen LogP contribution in [0.3, 0.4) is 0 Å². The van der Waals surface area contributed by atoms with E-state index >= 15 is 0 Å². The highest BCUT2D eigenvalue weighted by atomic mass is 35.5. The molecule has 0 aromatic heterocycles. The number of sulfonamides is 1. The number of benzene rings is 4. The Kier molecular flexibility index (Phi) is 12.4. The van der Waals surface area contributed by atoms with E-state index < -0.39 is 34.3 Å². The van der Waals surface area contributed by atoms with Crippen LogP contribution < -0.4 is 14.4 Å². The molecule has 4 aromatic rings. The Balaban J connectivity index is 1.80. The molecule has 0 unspecified atom stereocenters. The zero-order chi connectivity index (χ0) is 34.0. The minimum Gasteiger partial charge on any atom is -0.494 e. The van der Waals surface area contributed by atoms with Crippen LogP contribution in [0.25, 0.3) is 0 Å². The molecule has 0 fully saturated rings. The number of carbonyl (C=O) groups excluding carboxylic acids is 2. The van der Waals surface area contributed by atoms with Crippen LogP contribution in [0.2, 0.25) is 5.02 Å². The first-order valence-electron chi connectivity index (χ1n) is 15.3. The first-order valence-corrected chi connectivity index (χ1v) is 17.2. The Morgan fingerprint density at radius 1 is 0.894 bits per heavy atom. The monoisotopic (exact) mass is 679 g/mol. The average Bonchev–Trinajstić information content (AvgIpc) is 3.05. The Hall–Kier alpha value is -4.41. The number of amides is 2. The Labute approximate surface area is 281 Å². The SMILES string of the molecule is CCOc1ccc(N(CC(=O)N(Cc2cccc(Cl)c2)[C@@H](Cc2ccccc2)C(=O)NCC(C)C)S(=O)(=O)c2ccc(F)cc2)cc1. The summed E-state index contributed by atoms with van der Waals surface area (Å²) >= 11 is 6.30. The third-order valence-electron chi connectivity index (χ3n) is 7.31. The molecule has 4 rings (SSSR count). The highest BCUT2D eigenvalue weighted by Gasteiger charge is 2.34. The number of nitrogens with zero attached hydrogens (tertiary/aromatic N) is 2. The van der Waals surface area contributed by atoms with E-state index in [-0.39, 0.29) is 35.4 Å². The van der Waals surface area contributed by atoms with Crippen molar-refractivity contribution in [1.82, 2.24) is 10.2 Å². The Morgan fingerprint density at radius 2 is 1.55 bits per heavy atom. The minimum absolute atomic E-state index is 0.0142. The predicted octanol–water partition coefficient (Wildman–Crippen LogP) is 6.49. The molecule has 4 aromatic carbocycles. The zero-order valence-corrected chi connectivity index (χ0v) is 28.2. The average molecular weight is 680 g/mol. The van der Waals surface area contributed by atoms with Crippen molar-refractivity contribution >= 4 is 39.1 Å². The molecule has 1 N–H and O–H groups in total. The van der Waals surface area contributed by atoms with Crippen LogP contribution in [0.1, 0.15) is 31.9 Å². The smallest absolute Gasteiger partial charge is 0.264 e. The van der Waals surface area contributed by atoms with Gasteiger partial charge in [0.05, 0.1) is 17.2 Å². The molecule has 2 amide bonds. The van der Waals surface area contributed by atoms with Crippen LogP contribution >= 0.6 is 11.6 Å². The maximum Gasteiger partial charge on any atom is 0.264 e. The third kappa shape index (κ3) is 9.79. The number of nitrogens with one attached hydrogen (secondary N) is 1. The van der Waals surface area contributed by atoms with Gasteiger partial charge < -0.3 is 15.0 Å². The molecule has 0 aliphatic carbocycles. The van der Waals surface area contributed by atoms with Crippen molar-refractivity contribution in [1.29, 1.82) is 0 Å². The predicted molar refractivity (Wildman–Crippen MR) is 182 cm³/mol. The standard InChI is InChI=1S/C36H39ClFN3O5S/c1-4-46-32-17-15-31(16-18-32)41(47(44,45)33-19-13-30(38)14-20-33)25-35(42)40(24-28-11-8-12-29(37)21-28)34(36(43)39-23-26(2)3)22-27-9-6-5-7-10-27/h5-21,26,34H,4,22-25H2,1-3H3,(H,39,43)/t34-/m0/s1. The van der Waals surface area contributed by atoms with Crippen molar-refractivity contribution < 1.29 is 27.1 Å². The fourth-order valence-electron chi connectivity index (χ4n) is 4.95. The van der Waals surface area contributed by atoms with Gasteiger partial charge in [0.25, 0.3) is 10.0 Å². The molecule has 248 valence electrons. The molecule has 47 heavy (non-hydrogen) atoms. The molecule has 0 aliphatic heterocycles. The minimum atomic E-state index is -4.37. The van der Waals surface area contributed by atoms with E-state index in [2.05, 4.69) is 5.32 Å². The van der Waals surface area contributed by atoms with Gasteiger partial charge in [0.2, 0.25) is 11.8 Å². The topological polar surface area (TPSA) is 96.0 Å². The Bertz CT molecular complexity index is 1740. The van der Waals surface area contributed by atoms with Gasteiger partial charge in [-0.2, -0.15) is 0 Å². The first-order chi connectivity index (χ1) is 22.5. The number of anilines is 1. The van der Waals surface area contributed by atoms with Crippen molar-refractivity contribution in [2.75, 3.05) is 24.0 Å². The highest BCUT2D eigenvalue weighted by molar-refractivity contribution is 7.92. The molecule has 0 heterocycles. The maximum atomic E-state index is 14.5. The van der Waals surface area contributed by atoms with Crippen molar-refractivity contribution in [3.05, 3.63) is 125 Å². The van der Waals surface area contributed by atoms with Crippen molar-refractivity contribution in [2.45, 2.75) is 44.7 Å². The van der Waals surface area contributed by atoms with E-state index in [9.17, 15) is 22.4 Å². The van der Waals surface area contributed by atoms with Gasteiger partial charge >= 0.3 is 0 Å². The van der Waals surface area contributed by atoms with Gasteiger partial charge in [0.1, 0.15) is 24.2 Å². The van der Waals surface area contributed by atoms with Crippen LogP contribution in [-0.2, 0) is 32.6 Å². The second kappa shape index (κ2) is 16.4. The number of halogens is 2. The molecular formula is C36H39ClFN3O5S. The highest BCUT2D eigenvalue weighted by Crippen LogP contribution is 2.27. The van der Waals surface area contributed by atoms with Crippen LogP contribution in [0.4, 0.5) is 10.1 Å². The third-order valence-corrected chi connectivity index (χ3v) is 9.34. The molecule has 0 saturated heterocycles. The normalized spacial score (nSPS) is 12.0. The van der Waals surface area contributed by atoms with E-state index in [1.54, 1.807) is 36.4 Å². The van der Waals surface area contributed by atoms with Gasteiger partial charge in [-0.3, -0.25) is 13.9 Å². The van der Waals surface area contributed by atoms with Crippen LogP contribution in [-0.4, -0.2) is 50.9 Å². The largest absolute Gasteiger partial charge is 0.494 e. The quantitative estimate of drug-likeness (QED) is 0.155. The van der Waals surface area contributed by atoms with E-state index in [1.165, 1.54) is 17.0 Å². The van der Waals surface area contributed by atoms with Crippen molar-refractivity contribution in [3.63, 3.8) is 0 Å². The van der Waals surface area contributed by atoms with Crippen LogP contribution in [0.15, 0.2) is 108 Å². The number of hydrogen-bond donors (Lipinski definition) is 1. The second-order valence-electron chi connectivity index (χ2n) is 11.4. The van der Waals surface area contributed by atoms with Crippen molar-refractivity contribution in [2.24, 2.45) is 5.92 Å². The van der Waals surface area contributed by atoms with Gasteiger partial charge in [0, 0.05) is 24.5 Å². The van der Waals surface area contributed by atoms with Gasteiger partial charge in [-0.15, -0.1) is 0 Å². The molecule has 11 heteroatoms. The summed E-state index contributed by atoms with van der Waals surface area (Å²) < 4.78 is 48.5. The number of ether oxygens (including phenoxy) is 1. The zero-order valence-electron chi connectivity index (χ0n) is 26.6. The summed E-state index contributed by atoms with van der Waals surface area (Å²) in [6, 6.07) is 26.0. The molecule has 0 spiro atoms. The van der Waals surface area contributed by atoms with Crippen LogP contribution in [0, 0.1) is 11.7 Å². The molecule has 0 radical (unpaired) electrons. The van der Waals surface area contributed by atoms with Gasteiger partial charge in [0.15, 0.2) is 0 Å². The number of rotatable bonds is 15. The number of carbonyl (C=O) groups is 2. The summed E-state index contributed by atoms with van der Waals surface area (Å²) in [5.41, 5.74) is 1.68. The summed E-state index contributed by atoms with van der Waals surface area (Å²) in [5.74, 6) is -0.910. The lowest BCUT2D eigenvalue weighted by Gasteiger charge is -2.34. The summed E-state index contributed by atoms with van der Waals surface area (Å²) in [6.45, 7) is 5.91. The van der Waals surface area contributed by atoms with E-state index in [0.717, 1.165) is 34.1 Å². The van der Waals surface area contributed by atoms with Gasteiger partial charge in [-0.05, 0) is 84.6 Å². The fourth-order valence-corrected chi connectivity index (χ4v) is 6.57. The molecule has 0 saturated carbocycles. The summed E-state index contributed by atoms with van der Waals surface area (Å²) in [4.78, 5) is 29.6. The van der Waals surface area contributed by atoms with E-state index in [1.807, 2.05) is 51.1 Å².